The van der Waals surface area contributed by atoms with Gasteiger partial charge in [0, 0.05) is 5.56 Å². The standard InChI is InChI=1S/C10H13OSi/c1-12(2,3)10-6-4-9(8-11)5-7-10/h4-7H,1-3H3. The lowest BCUT2D eigenvalue weighted by Crippen LogP contribution is -2.37. The molecule has 12 heavy (non-hydrogen) atoms. The van der Waals surface area contributed by atoms with Crippen LogP contribution in [-0.2, 0) is 4.79 Å². The molecule has 1 aromatic rings. The van der Waals surface area contributed by atoms with Gasteiger partial charge in [0.1, 0.15) is 0 Å². The zero-order chi connectivity index (χ0) is 9.19. The summed E-state index contributed by atoms with van der Waals surface area (Å²) in [5.74, 6) is 0. The van der Waals surface area contributed by atoms with E-state index in [0.717, 1.165) is 0 Å². The smallest absolute Gasteiger partial charge is 0.233 e. The molecule has 0 aliphatic carbocycles. The molecule has 63 valence electrons. The summed E-state index contributed by atoms with van der Waals surface area (Å²) in [6.07, 6.45) is 1.87. The molecule has 0 fully saturated rings. The average molecular weight is 177 g/mol. The summed E-state index contributed by atoms with van der Waals surface area (Å²) in [4.78, 5) is 10.3. The molecule has 0 saturated carbocycles. The lowest BCUT2D eigenvalue weighted by atomic mass is 10.2. The maximum atomic E-state index is 10.3. The lowest BCUT2D eigenvalue weighted by molar-refractivity contribution is 0.563. The molecule has 1 aromatic carbocycles. The zero-order valence-corrected chi connectivity index (χ0v) is 8.72. The lowest BCUT2D eigenvalue weighted by Gasteiger charge is -2.15. The van der Waals surface area contributed by atoms with Crippen LogP contribution in [-0.4, -0.2) is 14.4 Å². The van der Waals surface area contributed by atoms with E-state index < -0.39 is 8.07 Å². The molecule has 1 radical (unpaired) electrons. The molecule has 0 bridgehead atoms. The first-order chi connectivity index (χ1) is 5.54. The van der Waals surface area contributed by atoms with E-state index in [0.29, 0.717) is 5.56 Å². The van der Waals surface area contributed by atoms with Gasteiger partial charge in [-0.3, -0.25) is 4.79 Å². The summed E-state index contributed by atoms with van der Waals surface area (Å²) < 4.78 is 0. The van der Waals surface area contributed by atoms with E-state index in [2.05, 4.69) is 19.6 Å². The molecule has 0 unspecified atom stereocenters. The number of carbonyl (C=O) groups excluding carboxylic acids is 1. The van der Waals surface area contributed by atoms with Gasteiger partial charge in [-0.25, -0.2) is 0 Å². The largest absolute Gasteiger partial charge is 0.285 e. The van der Waals surface area contributed by atoms with Crippen LogP contribution in [0.5, 0.6) is 0 Å². The first-order valence-corrected chi connectivity index (χ1v) is 7.53. The van der Waals surface area contributed by atoms with Crippen molar-refractivity contribution in [2.75, 3.05) is 0 Å². The fraction of sp³-hybridized carbons (Fsp3) is 0.300. The monoisotopic (exact) mass is 177 g/mol. The highest BCUT2D eigenvalue weighted by atomic mass is 28.3. The molecule has 0 aromatic heterocycles. The molecule has 1 nitrogen and oxygen atoms in total. The van der Waals surface area contributed by atoms with Gasteiger partial charge in [0.15, 0.2) is 0 Å². The van der Waals surface area contributed by atoms with Gasteiger partial charge in [-0.15, -0.1) is 0 Å². The SMILES string of the molecule is C[Si](C)(C)c1ccc([C]=O)cc1. The predicted octanol–water partition coefficient (Wildman–Crippen LogP) is 1.69. The van der Waals surface area contributed by atoms with Gasteiger partial charge >= 0.3 is 0 Å². The maximum absolute atomic E-state index is 10.3. The predicted molar refractivity (Wildman–Crippen MR) is 54.2 cm³/mol. The van der Waals surface area contributed by atoms with E-state index in [-0.39, 0.29) is 0 Å². The third kappa shape index (κ3) is 2.05. The molecule has 1 rings (SSSR count). The fourth-order valence-corrected chi connectivity index (χ4v) is 2.20. The van der Waals surface area contributed by atoms with Crippen LogP contribution in [0.3, 0.4) is 0 Å². The number of hydrogen-bond acceptors (Lipinski definition) is 1. The Hall–Kier alpha value is -0.893. The minimum absolute atomic E-state index is 0.636. The number of rotatable bonds is 2. The van der Waals surface area contributed by atoms with Crippen LogP contribution in [0, 0.1) is 0 Å². The quantitative estimate of drug-likeness (QED) is 0.628. The summed E-state index contributed by atoms with van der Waals surface area (Å²) in [6, 6.07) is 7.74. The maximum Gasteiger partial charge on any atom is 0.233 e. The van der Waals surface area contributed by atoms with Crippen molar-refractivity contribution < 1.29 is 4.79 Å². The van der Waals surface area contributed by atoms with Crippen molar-refractivity contribution in [3.63, 3.8) is 0 Å². The van der Waals surface area contributed by atoms with Crippen LogP contribution in [0.4, 0.5) is 0 Å². The van der Waals surface area contributed by atoms with Crippen molar-refractivity contribution in [2.24, 2.45) is 0 Å². The van der Waals surface area contributed by atoms with Crippen molar-refractivity contribution in [3.8, 4) is 0 Å². The van der Waals surface area contributed by atoms with Gasteiger partial charge in [-0.05, 0) is 0 Å². The Kier molecular flexibility index (Phi) is 2.48. The molecule has 0 saturated heterocycles. The molecule has 0 aliphatic heterocycles. The third-order valence-corrected chi connectivity index (χ3v) is 3.93. The minimum Gasteiger partial charge on any atom is -0.285 e. The Labute approximate surface area is 74.4 Å². The van der Waals surface area contributed by atoms with Gasteiger partial charge in [0.05, 0.1) is 8.07 Å². The van der Waals surface area contributed by atoms with Gasteiger partial charge in [0.2, 0.25) is 6.29 Å². The Balaban J connectivity index is 3.00. The van der Waals surface area contributed by atoms with Crippen molar-refractivity contribution in [1.29, 1.82) is 0 Å². The normalized spacial score (nSPS) is 11.2. The highest BCUT2D eigenvalue weighted by Crippen LogP contribution is 2.02. The zero-order valence-electron chi connectivity index (χ0n) is 7.72. The summed E-state index contributed by atoms with van der Waals surface area (Å²) in [5.41, 5.74) is 0.636. The first kappa shape index (κ1) is 9.20. The highest BCUT2D eigenvalue weighted by Gasteiger charge is 2.15. The van der Waals surface area contributed by atoms with Crippen LogP contribution in [0.2, 0.25) is 19.6 Å². The molecule has 0 heterocycles. The summed E-state index contributed by atoms with van der Waals surface area (Å²) in [7, 11) is -1.20. The van der Waals surface area contributed by atoms with Crippen LogP contribution < -0.4 is 5.19 Å². The molecule has 2 heteroatoms. The number of hydrogen-bond donors (Lipinski definition) is 0. The molecular weight excluding hydrogens is 164 g/mol. The Morgan fingerprint density at radius 3 is 1.92 bits per heavy atom. The summed E-state index contributed by atoms with van der Waals surface area (Å²) in [5, 5.41) is 1.38. The van der Waals surface area contributed by atoms with Crippen LogP contribution in [0.15, 0.2) is 24.3 Å². The second-order valence-corrected chi connectivity index (χ2v) is 9.01. The van der Waals surface area contributed by atoms with Crippen LogP contribution >= 0.6 is 0 Å². The summed E-state index contributed by atoms with van der Waals surface area (Å²) in [6.45, 7) is 6.85. The molecule has 0 atom stereocenters. The van der Waals surface area contributed by atoms with E-state index in [1.165, 1.54) is 5.19 Å². The molecule has 0 amide bonds. The first-order valence-electron chi connectivity index (χ1n) is 4.03. The Morgan fingerprint density at radius 1 is 1.08 bits per heavy atom. The van der Waals surface area contributed by atoms with Crippen LogP contribution in [0.1, 0.15) is 5.56 Å². The van der Waals surface area contributed by atoms with E-state index >= 15 is 0 Å². The second kappa shape index (κ2) is 3.23. The van der Waals surface area contributed by atoms with Gasteiger partial charge < -0.3 is 0 Å². The van der Waals surface area contributed by atoms with Crippen molar-refractivity contribution in [3.05, 3.63) is 29.8 Å². The fourth-order valence-electron chi connectivity index (χ4n) is 1.04. The third-order valence-electron chi connectivity index (χ3n) is 1.87. The van der Waals surface area contributed by atoms with E-state index in [9.17, 15) is 4.79 Å². The van der Waals surface area contributed by atoms with Crippen molar-refractivity contribution in [2.45, 2.75) is 19.6 Å². The topological polar surface area (TPSA) is 17.1 Å². The second-order valence-electron chi connectivity index (χ2n) is 3.93. The molecule has 0 N–H and O–H groups in total. The van der Waals surface area contributed by atoms with Crippen molar-refractivity contribution in [1.82, 2.24) is 0 Å². The van der Waals surface area contributed by atoms with Gasteiger partial charge in [-0.1, -0.05) is 49.1 Å². The number of benzene rings is 1. The minimum atomic E-state index is -1.20. The van der Waals surface area contributed by atoms with Gasteiger partial charge in [0.25, 0.3) is 0 Å². The highest BCUT2D eigenvalue weighted by molar-refractivity contribution is 6.88. The Bertz CT molecular complexity index is 269. The van der Waals surface area contributed by atoms with E-state index in [1.54, 1.807) is 0 Å². The summed E-state index contributed by atoms with van der Waals surface area (Å²) >= 11 is 0. The van der Waals surface area contributed by atoms with E-state index in [4.69, 9.17) is 0 Å². The van der Waals surface area contributed by atoms with Gasteiger partial charge in [-0.2, -0.15) is 0 Å². The average Bonchev–Trinajstić information content (AvgIpc) is 2.03. The van der Waals surface area contributed by atoms with E-state index in [1.807, 2.05) is 30.6 Å². The molecule has 0 spiro atoms. The molecule has 0 aliphatic rings. The van der Waals surface area contributed by atoms with Crippen molar-refractivity contribution >= 4 is 19.5 Å². The molecular formula is C10H13OSi. The van der Waals surface area contributed by atoms with Crippen LogP contribution in [0.25, 0.3) is 0 Å². The Morgan fingerprint density at radius 2 is 1.58 bits per heavy atom.